The minimum atomic E-state index is -0.574. The zero-order valence-corrected chi connectivity index (χ0v) is 14.9. The van der Waals surface area contributed by atoms with E-state index in [2.05, 4.69) is 30.9 Å². The van der Waals surface area contributed by atoms with E-state index < -0.39 is 6.04 Å². The monoisotopic (exact) mass is 374 g/mol. The molecular weight excluding hydrogens is 356 g/mol. The second-order valence-electron chi connectivity index (χ2n) is 6.31. The van der Waals surface area contributed by atoms with E-state index in [0.29, 0.717) is 24.6 Å². The highest BCUT2D eigenvalue weighted by atomic mass is 16.2. The van der Waals surface area contributed by atoms with Crippen LogP contribution in [0, 0.1) is 0 Å². The molecule has 1 aliphatic rings. The van der Waals surface area contributed by atoms with Crippen LogP contribution in [0.3, 0.4) is 0 Å². The largest absolute Gasteiger partial charge is 0.344 e. The Bertz CT molecular complexity index is 994. The molecule has 28 heavy (non-hydrogen) atoms. The Morgan fingerprint density at radius 1 is 0.929 bits per heavy atom. The van der Waals surface area contributed by atoms with Crippen molar-refractivity contribution in [1.82, 2.24) is 20.3 Å². The van der Waals surface area contributed by atoms with Crippen molar-refractivity contribution in [2.45, 2.75) is 18.9 Å². The van der Waals surface area contributed by atoms with E-state index in [1.807, 2.05) is 60.7 Å². The van der Waals surface area contributed by atoms with Crippen LogP contribution in [0.25, 0.3) is 11.4 Å². The number of nitrogens with one attached hydrogen (secondary N) is 3. The predicted octanol–water partition coefficient (Wildman–Crippen LogP) is 2.50. The Labute approximate surface area is 161 Å². The van der Waals surface area contributed by atoms with Gasteiger partial charge < -0.3 is 10.6 Å². The van der Waals surface area contributed by atoms with Crippen LogP contribution < -0.4 is 16.0 Å². The first-order valence-electron chi connectivity index (χ1n) is 8.91. The van der Waals surface area contributed by atoms with E-state index in [1.54, 1.807) is 0 Å². The number of carbonyl (C=O) groups is 2. The standard InChI is InChI=1S/C20H18N6O2/c27-16-12-11-15(22-16)18(28)25-20-24-17(13-7-3-1-4-8-13)23-19(26-20)21-14-9-5-2-6-10-14/h1-10,15H,11-12H2,(H,22,27)(H2,21,23,24,25,26,28). The number of hydrogen-bond donors (Lipinski definition) is 3. The SMILES string of the molecule is O=C1CCC(C(=O)Nc2nc(Nc3ccccc3)nc(-c3ccccc3)n2)N1. The van der Waals surface area contributed by atoms with Gasteiger partial charge in [0.25, 0.3) is 0 Å². The molecule has 0 spiro atoms. The first-order valence-corrected chi connectivity index (χ1v) is 8.91. The molecule has 8 heteroatoms. The van der Waals surface area contributed by atoms with Gasteiger partial charge in [-0.15, -0.1) is 0 Å². The molecule has 0 aliphatic carbocycles. The molecule has 8 nitrogen and oxygen atoms in total. The Balaban J connectivity index is 1.63. The third-order valence-corrected chi connectivity index (χ3v) is 4.24. The van der Waals surface area contributed by atoms with Crippen LogP contribution in [0.5, 0.6) is 0 Å². The Kier molecular flexibility index (Phi) is 4.92. The minimum absolute atomic E-state index is 0.124. The quantitative estimate of drug-likeness (QED) is 0.633. The number of benzene rings is 2. The van der Waals surface area contributed by atoms with Crippen molar-refractivity contribution < 1.29 is 9.59 Å². The van der Waals surface area contributed by atoms with Crippen LogP contribution >= 0.6 is 0 Å². The number of anilines is 3. The fourth-order valence-electron chi connectivity index (χ4n) is 2.86. The summed E-state index contributed by atoms with van der Waals surface area (Å²) >= 11 is 0. The second kappa shape index (κ2) is 7.83. The summed E-state index contributed by atoms with van der Waals surface area (Å²) in [4.78, 5) is 36.9. The first-order chi connectivity index (χ1) is 13.7. The van der Waals surface area contributed by atoms with Gasteiger partial charge >= 0.3 is 0 Å². The molecule has 2 heterocycles. The maximum absolute atomic E-state index is 12.4. The normalized spacial score (nSPS) is 15.7. The molecule has 3 N–H and O–H groups in total. The van der Waals surface area contributed by atoms with Crippen molar-refractivity contribution in [2.24, 2.45) is 0 Å². The van der Waals surface area contributed by atoms with Crippen molar-refractivity contribution in [2.75, 3.05) is 10.6 Å². The lowest BCUT2D eigenvalue weighted by molar-refractivity contribution is -0.122. The number of hydrogen-bond acceptors (Lipinski definition) is 6. The molecule has 0 saturated carbocycles. The number of aromatic nitrogens is 3. The topological polar surface area (TPSA) is 109 Å². The van der Waals surface area contributed by atoms with Crippen molar-refractivity contribution in [3.8, 4) is 11.4 Å². The molecule has 1 atom stereocenters. The second-order valence-corrected chi connectivity index (χ2v) is 6.31. The Hall–Kier alpha value is -3.81. The highest BCUT2D eigenvalue weighted by molar-refractivity contribution is 5.98. The molecular formula is C20H18N6O2. The van der Waals surface area contributed by atoms with Gasteiger partial charge in [0, 0.05) is 17.7 Å². The van der Waals surface area contributed by atoms with Gasteiger partial charge in [-0.3, -0.25) is 14.9 Å². The fourth-order valence-corrected chi connectivity index (χ4v) is 2.86. The number of amides is 2. The molecule has 0 bridgehead atoms. The lowest BCUT2D eigenvalue weighted by atomic mass is 10.2. The molecule has 4 rings (SSSR count). The number of rotatable bonds is 5. The summed E-state index contributed by atoms with van der Waals surface area (Å²) in [6.45, 7) is 0. The van der Waals surface area contributed by atoms with Gasteiger partial charge in [0.15, 0.2) is 5.82 Å². The van der Waals surface area contributed by atoms with Crippen molar-refractivity contribution in [3.05, 3.63) is 60.7 Å². The molecule has 3 aromatic rings. The summed E-state index contributed by atoms with van der Waals surface area (Å²) in [7, 11) is 0. The zero-order chi connectivity index (χ0) is 19.3. The van der Waals surface area contributed by atoms with Gasteiger partial charge in [-0.1, -0.05) is 48.5 Å². The molecule has 1 saturated heterocycles. The van der Waals surface area contributed by atoms with Crippen molar-refractivity contribution >= 4 is 29.4 Å². The third kappa shape index (κ3) is 4.12. The van der Waals surface area contributed by atoms with Gasteiger partial charge in [-0.05, 0) is 18.6 Å². The van der Waals surface area contributed by atoms with Gasteiger partial charge in [-0.25, -0.2) is 0 Å². The molecule has 2 aromatic carbocycles. The number of nitrogens with zero attached hydrogens (tertiary/aromatic N) is 3. The fraction of sp³-hybridized carbons (Fsp3) is 0.150. The summed E-state index contributed by atoms with van der Waals surface area (Å²) in [5, 5.41) is 8.44. The van der Waals surface area contributed by atoms with Crippen LogP contribution in [-0.4, -0.2) is 32.8 Å². The Morgan fingerprint density at radius 2 is 1.61 bits per heavy atom. The van der Waals surface area contributed by atoms with E-state index in [-0.39, 0.29) is 17.8 Å². The Morgan fingerprint density at radius 3 is 2.29 bits per heavy atom. The molecule has 1 fully saturated rings. The molecule has 1 unspecified atom stereocenters. The van der Waals surface area contributed by atoms with Crippen LogP contribution in [0.15, 0.2) is 60.7 Å². The smallest absolute Gasteiger partial charge is 0.249 e. The maximum atomic E-state index is 12.4. The highest BCUT2D eigenvalue weighted by Gasteiger charge is 2.27. The molecule has 1 aliphatic heterocycles. The van der Waals surface area contributed by atoms with Crippen LogP contribution in [-0.2, 0) is 9.59 Å². The summed E-state index contributed by atoms with van der Waals surface area (Å²) < 4.78 is 0. The molecule has 140 valence electrons. The lowest BCUT2D eigenvalue weighted by Gasteiger charge is -2.12. The van der Waals surface area contributed by atoms with E-state index in [9.17, 15) is 9.59 Å². The molecule has 2 amide bonds. The maximum Gasteiger partial charge on any atom is 0.249 e. The van der Waals surface area contributed by atoms with E-state index in [1.165, 1.54) is 0 Å². The average Bonchev–Trinajstić information content (AvgIpc) is 3.16. The van der Waals surface area contributed by atoms with Crippen LogP contribution in [0.4, 0.5) is 17.6 Å². The van der Waals surface area contributed by atoms with Gasteiger partial charge in [0.2, 0.25) is 23.7 Å². The molecule has 1 aromatic heterocycles. The lowest BCUT2D eigenvalue weighted by Crippen LogP contribution is -2.37. The summed E-state index contributed by atoms with van der Waals surface area (Å²) in [6.07, 6.45) is 0.793. The van der Waals surface area contributed by atoms with Gasteiger partial charge in [0.05, 0.1) is 0 Å². The van der Waals surface area contributed by atoms with Gasteiger partial charge in [0.1, 0.15) is 6.04 Å². The van der Waals surface area contributed by atoms with Crippen molar-refractivity contribution in [1.29, 1.82) is 0 Å². The highest BCUT2D eigenvalue weighted by Crippen LogP contribution is 2.20. The minimum Gasteiger partial charge on any atom is -0.344 e. The van der Waals surface area contributed by atoms with E-state index >= 15 is 0 Å². The summed E-state index contributed by atoms with van der Waals surface area (Å²) in [5.41, 5.74) is 1.61. The molecule has 0 radical (unpaired) electrons. The van der Waals surface area contributed by atoms with E-state index in [0.717, 1.165) is 11.3 Å². The average molecular weight is 374 g/mol. The van der Waals surface area contributed by atoms with Gasteiger partial charge in [-0.2, -0.15) is 15.0 Å². The number of carbonyl (C=O) groups excluding carboxylic acids is 2. The zero-order valence-electron chi connectivity index (χ0n) is 14.9. The predicted molar refractivity (Wildman–Crippen MR) is 105 cm³/mol. The van der Waals surface area contributed by atoms with Crippen molar-refractivity contribution in [3.63, 3.8) is 0 Å². The first kappa shape index (κ1) is 17.6. The van der Waals surface area contributed by atoms with Crippen LogP contribution in [0.2, 0.25) is 0 Å². The summed E-state index contributed by atoms with van der Waals surface area (Å²) in [6, 6.07) is 18.3. The third-order valence-electron chi connectivity index (χ3n) is 4.24. The number of para-hydroxylation sites is 1. The summed E-state index contributed by atoms with van der Waals surface area (Å²) in [5.74, 6) is 0.387. The van der Waals surface area contributed by atoms with E-state index in [4.69, 9.17) is 0 Å². The van der Waals surface area contributed by atoms with Crippen LogP contribution in [0.1, 0.15) is 12.8 Å².